The first-order valence-electron chi connectivity index (χ1n) is 4.98. The van der Waals surface area contributed by atoms with Crippen LogP contribution >= 0.6 is 0 Å². The number of rotatable bonds is 3. The van der Waals surface area contributed by atoms with Gasteiger partial charge in [0.2, 0.25) is 0 Å². The monoisotopic (exact) mass is 213 g/mol. The topological polar surface area (TPSA) is 9.23 Å². The molecular formula is C13H13OSi. The van der Waals surface area contributed by atoms with Crippen LogP contribution in [0, 0.1) is 0 Å². The zero-order chi connectivity index (χ0) is 10.5. The second-order valence-electron chi connectivity index (χ2n) is 3.34. The Balaban J connectivity index is 2.08. The van der Waals surface area contributed by atoms with Crippen LogP contribution in [0.3, 0.4) is 0 Å². The van der Waals surface area contributed by atoms with Gasteiger partial charge in [0, 0.05) is 0 Å². The van der Waals surface area contributed by atoms with Crippen LogP contribution in [0.1, 0.15) is 0 Å². The molecule has 0 aliphatic carbocycles. The van der Waals surface area contributed by atoms with E-state index in [4.69, 9.17) is 4.43 Å². The highest BCUT2D eigenvalue weighted by molar-refractivity contribution is 6.66. The molecule has 0 bridgehead atoms. The summed E-state index contributed by atoms with van der Waals surface area (Å²) in [6, 6.07) is 20.4. The molecule has 2 heteroatoms. The van der Waals surface area contributed by atoms with Crippen LogP contribution < -0.4 is 9.61 Å². The number of para-hydroxylation sites is 1. The first kappa shape index (κ1) is 9.99. The smallest absolute Gasteiger partial charge is 0.313 e. The Hall–Kier alpha value is -1.54. The SMILES string of the molecule is C[Si](Oc1ccccc1)c1ccccc1. The summed E-state index contributed by atoms with van der Waals surface area (Å²) in [4.78, 5) is 0. The zero-order valence-corrected chi connectivity index (χ0v) is 9.68. The molecule has 0 atom stereocenters. The van der Waals surface area contributed by atoms with Crippen molar-refractivity contribution in [3.63, 3.8) is 0 Å². The normalized spacial score (nSPS) is 10.3. The third-order valence-corrected chi connectivity index (χ3v) is 3.88. The molecule has 15 heavy (non-hydrogen) atoms. The van der Waals surface area contributed by atoms with E-state index in [9.17, 15) is 0 Å². The molecule has 0 N–H and O–H groups in total. The van der Waals surface area contributed by atoms with E-state index in [1.165, 1.54) is 5.19 Å². The van der Waals surface area contributed by atoms with Crippen LogP contribution in [0.2, 0.25) is 6.55 Å². The van der Waals surface area contributed by atoms with Crippen molar-refractivity contribution in [2.75, 3.05) is 0 Å². The third-order valence-electron chi connectivity index (χ3n) is 2.19. The van der Waals surface area contributed by atoms with Crippen LogP contribution in [-0.2, 0) is 0 Å². The van der Waals surface area contributed by atoms with Gasteiger partial charge in [0.05, 0.1) is 0 Å². The van der Waals surface area contributed by atoms with Crippen LogP contribution in [0.25, 0.3) is 0 Å². The lowest BCUT2D eigenvalue weighted by molar-refractivity contribution is 0.586. The molecule has 0 aromatic heterocycles. The molecule has 2 aromatic rings. The summed E-state index contributed by atoms with van der Waals surface area (Å²) in [5, 5.41) is 1.30. The molecule has 0 unspecified atom stereocenters. The minimum absolute atomic E-state index is 0.920. The summed E-state index contributed by atoms with van der Waals surface area (Å²) in [7, 11) is -0.920. The average molecular weight is 213 g/mol. The molecular weight excluding hydrogens is 200 g/mol. The standard InChI is InChI=1S/C13H13OSi/c1-15(13-10-6-3-7-11-13)14-12-8-4-2-5-9-12/h2-11H,1H3. The molecule has 0 heterocycles. The maximum Gasteiger partial charge on any atom is 0.313 e. The van der Waals surface area contributed by atoms with Crippen molar-refractivity contribution in [2.45, 2.75) is 6.55 Å². The minimum atomic E-state index is -0.920. The van der Waals surface area contributed by atoms with E-state index in [0.717, 1.165) is 5.75 Å². The molecule has 1 nitrogen and oxygen atoms in total. The first-order chi connectivity index (χ1) is 7.36. The number of benzene rings is 2. The van der Waals surface area contributed by atoms with Gasteiger partial charge >= 0.3 is 9.04 Å². The fourth-order valence-electron chi connectivity index (χ4n) is 1.40. The average Bonchev–Trinajstić information content (AvgIpc) is 2.31. The summed E-state index contributed by atoms with van der Waals surface area (Å²) in [6.07, 6.45) is 0. The van der Waals surface area contributed by atoms with Crippen molar-refractivity contribution >= 4 is 14.2 Å². The summed E-state index contributed by atoms with van der Waals surface area (Å²) in [6.45, 7) is 2.16. The summed E-state index contributed by atoms with van der Waals surface area (Å²) in [5.74, 6) is 0.956. The molecule has 0 amide bonds. The maximum atomic E-state index is 5.90. The Morgan fingerprint density at radius 1 is 0.800 bits per heavy atom. The third kappa shape index (κ3) is 2.70. The van der Waals surface area contributed by atoms with E-state index < -0.39 is 9.04 Å². The van der Waals surface area contributed by atoms with Gasteiger partial charge in [-0.3, -0.25) is 0 Å². The van der Waals surface area contributed by atoms with Crippen LogP contribution in [0.15, 0.2) is 60.7 Å². The van der Waals surface area contributed by atoms with Crippen molar-refractivity contribution in [2.24, 2.45) is 0 Å². The molecule has 2 rings (SSSR count). The van der Waals surface area contributed by atoms with Crippen molar-refractivity contribution < 1.29 is 4.43 Å². The lowest BCUT2D eigenvalue weighted by Gasteiger charge is -2.12. The Morgan fingerprint density at radius 2 is 1.33 bits per heavy atom. The van der Waals surface area contributed by atoms with Gasteiger partial charge in [0.25, 0.3) is 0 Å². The van der Waals surface area contributed by atoms with Crippen molar-refractivity contribution in [1.29, 1.82) is 0 Å². The molecule has 0 saturated carbocycles. The highest BCUT2D eigenvalue weighted by Gasteiger charge is 2.10. The van der Waals surface area contributed by atoms with Gasteiger partial charge in [0.1, 0.15) is 5.75 Å². The molecule has 2 aromatic carbocycles. The highest BCUT2D eigenvalue weighted by Crippen LogP contribution is 2.09. The zero-order valence-electron chi connectivity index (χ0n) is 8.68. The molecule has 0 spiro atoms. The lowest BCUT2D eigenvalue weighted by atomic mass is 10.3. The van der Waals surface area contributed by atoms with Gasteiger partial charge < -0.3 is 4.43 Å². The van der Waals surface area contributed by atoms with Crippen LogP contribution in [0.5, 0.6) is 5.75 Å². The number of hydrogen-bond acceptors (Lipinski definition) is 1. The Morgan fingerprint density at radius 3 is 1.93 bits per heavy atom. The summed E-state index contributed by atoms with van der Waals surface area (Å²) in [5.41, 5.74) is 0. The van der Waals surface area contributed by atoms with Gasteiger partial charge in [-0.15, -0.1) is 0 Å². The van der Waals surface area contributed by atoms with Crippen molar-refractivity contribution in [3.8, 4) is 5.75 Å². The predicted molar refractivity (Wildman–Crippen MR) is 64.8 cm³/mol. The van der Waals surface area contributed by atoms with Gasteiger partial charge in [-0.2, -0.15) is 0 Å². The van der Waals surface area contributed by atoms with Crippen molar-refractivity contribution in [3.05, 3.63) is 60.7 Å². The van der Waals surface area contributed by atoms with Gasteiger partial charge in [0.15, 0.2) is 0 Å². The Kier molecular flexibility index (Phi) is 3.20. The molecule has 1 radical (unpaired) electrons. The molecule has 0 aliphatic rings. The van der Waals surface area contributed by atoms with Crippen molar-refractivity contribution in [1.82, 2.24) is 0 Å². The molecule has 0 aliphatic heterocycles. The number of hydrogen-bond donors (Lipinski definition) is 0. The Bertz CT molecular complexity index is 399. The molecule has 0 saturated heterocycles. The fraction of sp³-hybridized carbons (Fsp3) is 0.0769. The van der Waals surface area contributed by atoms with E-state index in [1.54, 1.807) is 0 Å². The second kappa shape index (κ2) is 4.80. The summed E-state index contributed by atoms with van der Waals surface area (Å²) < 4.78 is 5.90. The highest BCUT2D eigenvalue weighted by atomic mass is 28.3. The van der Waals surface area contributed by atoms with Crippen LogP contribution in [0.4, 0.5) is 0 Å². The Labute approximate surface area is 92.1 Å². The van der Waals surface area contributed by atoms with E-state index >= 15 is 0 Å². The van der Waals surface area contributed by atoms with E-state index in [-0.39, 0.29) is 0 Å². The molecule has 75 valence electrons. The van der Waals surface area contributed by atoms with Crippen LogP contribution in [-0.4, -0.2) is 9.04 Å². The molecule has 0 fully saturated rings. The quantitative estimate of drug-likeness (QED) is 0.712. The largest absolute Gasteiger partial charge is 0.538 e. The second-order valence-corrected chi connectivity index (χ2v) is 5.23. The van der Waals surface area contributed by atoms with E-state index in [1.807, 2.05) is 36.4 Å². The van der Waals surface area contributed by atoms with E-state index in [0.29, 0.717) is 0 Å². The minimum Gasteiger partial charge on any atom is -0.538 e. The predicted octanol–water partition coefficient (Wildman–Crippen LogP) is 2.59. The van der Waals surface area contributed by atoms with Gasteiger partial charge in [-0.25, -0.2) is 0 Å². The first-order valence-corrected chi connectivity index (χ1v) is 6.89. The van der Waals surface area contributed by atoms with Gasteiger partial charge in [-0.1, -0.05) is 48.5 Å². The maximum absolute atomic E-state index is 5.90. The van der Waals surface area contributed by atoms with E-state index in [2.05, 4.69) is 30.8 Å². The van der Waals surface area contributed by atoms with Gasteiger partial charge in [-0.05, 0) is 23.9 Å². The summed E-state index contributed by atoms with van der Waals surface area (Å²) >= 11 is 0. The lowest BCUT2D eigenvalue weighted by Crippen LogP contribution is -2.32. The fourth-order valence-corrected chi connectivity index (χ4v) is 2.67.